The zero-order chi connectivity index (χ0) is 16.7. The molecular weight excluding hydrogens is 308 g/mol. The molecule has 1 rings (SSSR count). The number of nitrogens with two attached hydrogens (primary N) is 1. The van der Waals surface area contributed by atoms with Gasteiger partial charge in [-0.05, 0) is 19.1 Å². The Morgan fingerprint density at radius 2 is 2.09 bits per heavy atom. The predicted octanol–water partition coefficient (Wildman–Crippen LogP) is -2.12. The number of aliphatic hydroxyl groups is 2. The summed E-state index contributed by atoms with van der Waals surface area (Å²) in [6.07, 6.45) is -0.560. The smallest absolute Gasteiger partial charge is 0.247 e. The number of carbonyl (C=O) groups is 2. The lowest BCUT2D eigenvalue weighted by Crippen LogP contribution is -2.53. The molecule has 0 spiro atoms. The standard InChI is InChI=1S/C13H22N4O4S/c1-2-15-13(22)17-8-5-7(6-9(18)11(8)20)12(21)16-4-3-10(14)19/h5,8-9,11,18,20H,2-4,6H2,1H3,(H2,14,19)(H,16,21)(H2,15,17,22)/t8-,9-,11-/m1/s1. The van der Waals surface area contributed by atoms with Gasteiger partial charge in [-0.15, -0.1) is 0 Å². The van der Waals surface area contributed by atoms with E-state index in [2.05, 4.69) is 16.0 Å². The summed E-state index contributed by atoms with van der Waals surface area (Å²) in [4.78, 5) is 22.6. The van der Waals surface area contributed by atoms with Gasteiger partial charge in [0.05, 0.1) is 12.1 Å². The third kappa shape index (κ3) is 5.58. The van der Waals surface area contributed by atoms with E-state index in [-0.39, 0.29) is 19.4 Å². The fourth-order valence-electron chi connectivity index (χ4n) is 2.04. The molecule has 0 saturated heterocycles. The average molecular weight is 330 g/mol. The molecule has 0 aliphatic heterocycles. The van der Waals surface area contributed by atoms with Crippen molar-refractivity contribution < 1.29 is 19.8 Å². The van der Waals surface area contributed by atoms with Gasteiger partial charge >= 0.3 is 0 Å². The summed E-state index contributed by atoms with van der Waals surface area (Å²) >= 11 is 5.03. The van der Waals surface area contributed by atoms with Crippen molar-refractivity contribution >= 4 is 29.1 Å². The van der Waals surface area contributed by atoms with Crippen molar-refractivity contribution in [3.05, 3.63) is 11.6 Å². The molecule has 8 nitrogen and oxygen atoms in total. The molecule has 124 valence electrons. The van der Waals surface area contributed by atoms with Crippen LogP contribution in [-0.2, 0) is 9.59 Å². The van der Waals surface area contributed by atoms with Gasteiger partial charge in [-0.2, -0.15) is 0 Å². The normalized spacial score (nSPS) is 24.1. The van der Waals surface area contributed by atoms with E-state index in [0.717, 1.165) is 0 Å². The number of thiocarbonyl (C=S) groups is 1. The molecule has 0 bridgehead atoms. The van der Waals surface area contributed by atoms with E-state index in [9.17, 15) is 19.8 Å². The first-order chi connectivity index (χ1) is 10.3. The molecule has 3 atom stereocenters. The van der Waals surface area contributed by atoms with Crippen molar-refractivity contribution in [1.82, 2.24) is 16.0 Å². The van der Waals surface area contributed by atoms with Gasteiger partial charge in [0.1, 0.15) is 6.10 Å². The lowest BCUT2D eigenvalue weighted by atomic mass is 9.90. The van der Waals surface area contributed by atoms with Gasteiger partial charge in [-0.3, -0.25) is 9.59 Å². The van der Waals surface area contributed by atoms with E-state index in [0.29, 0.717) is 17.2 Å². The van der Waals surface area contributed by atoms with E-state index in [1.54, 1.807) is 0 Å². The van der Waals surface area contributed by atoms with Crippen LogP contribution in [0.1, 0.15) is 19.8 Å². The minimum Gasteiger partial charge on any atom is -0.390 e. The number of aliphatic hydroxyl groups excluding tert-OH is 2. The predicted molar refractivity (Wildman–Crippen MR) is 84.7 cm³/mol. The first-order valence-electron chi connectivity index (χ1n) is 7.02. The van der Waals surface area contributed by atoms with E-state index in [1.165, 1.54) is 6.08 Å². The molecule has 22 heavy (non-hydrogen) atoms. The molecule has 7 N–H and O–H groups in total. The van der Waals surface area contributed by atoms with Crippen LogP contribution in [-0.4, -0.2) is 58.5 Å². The summed E-state index contributed by atoms with van der Waals surface area (Å²) in [6.45, 7) is 2.60. The Kier molecular flexibility index (Phi) is 7.22. The Hall–Kier alpha value is -1.71. The molecular formula is C13H22N4O4S. The van der Waals surface area contributed by atoms with Gasteiger partial charge in [0, 0.05) is 31.5 Å². The van der Waals surface area contributed by atoms with Crippen LogP contribution in [0.2, 0.25) is 0 Å². The van der Waals surface area contributed by atoms with Crippen LogP contribution in [0.4, 0.5) is 0 Å². The first-order valence-corrected chi connectivity index (χ1v) is 7.43. The zero-order valence-electron chi connectivity index (χ0n) is 12.3. The second kappa shape index (κ2) is 8.66. The molecule has 0 aromatic rings. The summed E-state index contributed by atoms with van der Waals surface area (Å²) in [6, 6.07) is -0.674. The Morgan fingerprint density at radius 1 is 1.41 bits per heavy atom. The van der Waals surface area contributed by atoms with Gasteiger partial charge in [0.2, 0.25) is 11.8 Å². The van der Waals surface area contributed by atoms with E-state index < -0.39 is 30.1 Å². The highest BCUT2D eigenvalue weighted by atomic mass is 32.1. The quantitative estimate of drug-likeness (QED) is 0.306. The van der Waals surface area contributed by atoms with Crippen molar-refractivity contribution in [2.45, 2.75) is 38.0 Å². The van der Waals surface area contributed by atoms with Gasteiger partial charge < -0.3 is 31.9 Å². The summed E-state index contributed by atoms with van der Waals surface area (Å²) < 4.78 is 0. The number of primary amides is 1. The fourth-order valence-corrected chi connectivity index (χ4v) is 2.32. The zero-order valence-corrected chi connectivity index (χ0v) is 13.2. The monoisotopic (exact) mass is 330 g/mol. The van der Waals surface area contributed by atoms with Gasteiger partial charge in [-0.25, -0.2) is 0 Å². The SMILES string of the molecule is CCNC(=S)N[C@@H]1C=C(C(=O)NCCC(N)=O)C[C@@H](O)[C@@H]1O. The molecule has 0 saturated carbocycles. The lowest BCUT2D eigenvalue weighted by Gasteiger charge is -2.31. The molecule has 0 radical (unpaired) electrons. The Labute approximate surface area is 134 Å². The fraction of sp³-hybridized carbons (Fsp3) is 0.615. The number of rotatable bonds is 6. The van der Waals surface area contributed by atoms with Crippen LogP contribution in [0, 0.1) is 0 Å². The number of hydrogen-bond acceptors (Lipinski definition) is 5. The molecule has 1 aliphatic carbocycles. The van der Waals surface area contributed by atoms with Crippen LogP contribution >= 0.6 is 12.2 Å². The van der Waals surface area contributed by atoms with Crippen molar-refractivity contribution in [2.24, 2.45) is 5.73 Å². The van der Waals surface area contributed by atoms with Crippen LogP contribution in [0.5, 0.6) is 0 Å². The molecule has 0 aromatic carbocycles. The summed E-state index contributed by atoms with van der Waals surface area (Å²) in [5, 5.41) is 28.4. The molecule has 0 aromatic heterocycles. The molecule has 0 heterocycles. The second-order valence-electron chi connectivity index (χ2n) is 4.96. The van der Waals surface area contributed by atoms with E-state index >= 15 is 0 Å². The molecule has 9 heteroatoms. The van der Waals surface area contributed by atoms with Crippen LogP contribution in [0.3, 0.4) is 0 Å². The average Bonchev–Trinajstić information content (AvgIpc) is 2.43. The van der Waals surface area contributed by atoms with Crippen LogP contribution < -0.4 is 21.7 Å². The number of nitrogens with one attached hydrogen (secondary N) is 3. The van der Waals surface area contributed by atoms with Gasteiger partial charge in [-0.1, -0.05) is 6.08 Å². The molecule has 2 amide bonds. The highest BCUT2D eigenvalue weighted by molar-refractivity contribution is 7.80. The van der Waals surface area contributed by atoms with Gasteiger partial charge in [0.25, 0.3) is 0 Å². The maximum absolute atomic E-state index is 12.0. The van der Waals surface area contributed by atoms with Crippen molar-refractivity contribution in [1.29, 1.82) is 0 Å². The van der Waals surface area contributed by atoms with Crippen molar-refractivity contribution in [3.63, 3.8) is 0 Å². The highest BCUT2D eigenvalue weighted by Gasteiger charge is 2.33. The summed E-state index contributed by atoms with van der Waals surface area (Å²) in [5.74, 6) is -0.919. The Bertz CT molecular complexity index is 469. The summed E-state index contributed by atoms with van der Waals surface area (Å²) in [7, 11) is 0. The Morgan fingerprint density at radius 3 is 2.68 bits per heavy atom. The third-order valence-corrected chi connectivity index (χ3v) is 3.42. The van der Waals surface area contributed by atoms with Crippen LogP contribution in [0.15, 0.2) is 11.6 Å². The lowest BCUT2D eigenvalue weighted by molar-refractivity contribution is -0.119. The van der Waals surface area contributed by atoms with Crippen LogP contribution in [0.25, 0.3) is 0 Å². The van der Waals surface area contributed by atoms with Crippen molar-refractivity contribution in [3.8, 4) is 0 Å². The largest absolute Gasteiger partial charge is 0.390 e. The van der Waals surface area contributed by atoms with Crippen molar-refractivity contribution in [2.75, 3.05) is 13.1 Å². The maximum Gasteiger partial charge on any atom is 0.247 e. The number of amides is 2. The minimum absolute atomic E-state index is 0.0235. The maximum atomic E-state index is 12.0. The topological polar surface area (TPSA) is 137 Å². The number of hydrogen-bond donors (Lipinski definition) is 6. The summed E-state index contributed by atoms with van der Waals surface area (Å²) in [5.41, 5.74) is 5.31. The molecule has 0 unspecified atom stereocenters. The third-order valence-electron chi connectivity index (χ3n) is 3.16. The second-order valence-corrected chi connectivity index (χ2v) is 5.36. The molecule has 1 aliphatic rings. The Balaban J connectivity index is 2.69. The minimum atomic E-state index is -1.08. The van der Waals surface area contributed by atoms with E-state index in [4.69, 9.17) is 18.0 Å². The molecule has 0 fully saturated rings. The highest BCUT2D eigenvalue weighted by Crippen LogP contribution is 2.19. The first kappa shape index (κ1) is 18.3. The van der Waals surface area contributed by atoms with E-state index in [1.807, 2.05) is 6.92 Å². The number of carbonyl (C=O) groups excluding carboxylic acids is 2. The van der Waals surface area contributed by atoms with Gasteiger partial charge in [0.15, 0.2) is 5.11 Å².